The maximum atomic E-state index is 9.77. The molecular formula is C18H28O2. The molecule has 0 saturated carbocycles. The number of aldehydes is 2. The summed E-state index contributed by atoms with van der Waals surface area (Å²) >= 11 is 0. The summed E-state index contributed by atoms with van der Waals surface area (Å²) in [5.74, 6) is 0. The summed E-state index contributed by atoms with van der Waals surface area (Å²) < 4.78 is 0. The van der Waals surface area contributed by atoms with E-state index in [1.165, 1.54) is 37.8 Å². The van der Waals surface area contributed by atoms with Crippen molar-refractivity contribution in [3.05, 3.63) is 48.6 Å². The molecule has 0 aliphatic rings. The van der Waals surface area contributed by atoms with E-state index in [4.69, 9.17) is 0 Å². The lowest BCUT2D eigenvalue weighted by Crippen LogP contribution is -1.65. The van der Waals surface area contributed by atoms with Crippen LogP contribution >= 0.6 is 0 Å². The zero-order chi connectivity index (χ0) is 15.3. The van der Waals surface area contributed by atoms with Gasteiger partial charge in [-0.05, 0) is 25.0 Å². The first-order valence-electron chi connectivity index (χ1n) is 7.37. The number of unbranched alkanes of at least 4 members (excludes halogenated alkanes) is 4. The predicted molar refractivity (Wildman–Crippen MR) is 87.7 cm³/mol. The van der Waals surface area contributed by atoms with Crippen molar-refractivity contribution in [1.29, 1.82) is 0 Å². The van der Waals surface area contributed by atoms with Crippen LogP contribution < -0.4 is 0 Å². The van der Waals surface area contributed by atoms with Crippen molar-refractivity contribution < 1.29 is 9.59 Å². The number of hydrogen-bond acceptors (Lipinski definition) is 2. The quantitative estimate of drug-likeness (QED) is 0.244. The second-order valence-corrected chi connectivity index (χ2v) is 4.18. The zero-order valence-corrected chi connectivity index (χ0v) is 12.8. The van der Waals surface area contributed by atoms with Crippen molar-refractivity contribution in [3.8, 4) is 0 Å². The Morgan fingerprint density at radius 1 is 0.600 bits per heavy atom. The average molecular weight is 276 g/mol. The standard InChI is InChI=1S/2C9H14O/c2*1-2-3-4-5-6-7-8-9-10/h2*5-9H,2-4H2,1H3/b2*6-5+,8-7+. The molecule has 0 bridgehead atoms. The molecule has 0 radical (unpaired) electrons. The van der Waals surface area contributed by atoms with Crippen molar-refractivity contribution in [3.63, 3.8) is 0 Å². The maximum Gasteiger partial charge on any atom is 0.142 e. The van der Waals surface area contributed by atoms with Gasteiger partial charge in [0.2, 0.25) is 0 Å². The Kier molecular flexibility index (Phi) is 23.2. The SMILES string of the molecule is CCCC/C=C/C=C/C=O.CCCC/C=C/C=C/C=O. The first-order chi connectivity index (χ1) is 9.83. The Bertz CT molecular complexity index is 277. The lowest BCUT2D eigenvalue weighted by atomic mass is 10.2. The van der Waals surface area contributed by atoms with Crippen LogP contribution in [-0.2, 0) is 9.59 Å². The Labute approximate surface area is 124 Å². The van der Waals surface area contributed by atoms with Gasteiger partial charge in [-0.15, -0.1) is 0 Å². The van der Waals surface area contributed by atoms with Gasteiger partial charge in [-0.2, -0.15) is 0 Å². The van der Waals surface area contributed by atoms with E-state index in [2.05, 4.69) is 26.0 Å². The van der Waals surface area contributed by atoms with Gasteiger partial charge >= 0.3 is 0 Å². The lowest BCUT2D eigenvalue weighted by molar-refractivity contribution is -0.104. The van der Waals surface area contributed by atoms with Gasteiger partial charge in [0, 0.05) is 0 Å². The maximum absolute atomic E-state index is 9.77. The van der Waals surface area contributed by atoms with Gasteiger partial charge in [-0.1, -0.05) is 76.0 Å². The second kappa shape index (κ2) is 22.5. The van der Waals surface area contributed by atoms with E-state index >= 15 is 0 Å². The van der Waals surface area contributed by atoms with Crippen LogP contribution in [0.1, 0.15) is 52.4 Å². The van der Waals surface area contributed by atoms with Crippen LogP contribution in [0, 0.1) is 0 Å². The second-order valence-electron chi connectivity index (χ2n) is 4.18. The molecule has 112 valence electrons. The number of rotatable bonds is 10. The van der Waals surface area contributed by atoms with Gasteiger partial charge in [0.15, 0.2) is 0 Å². The van der Waals surface area contributed by atoms with Crippen LogP contribution in [0.25, 0.3) is 0 Å². The van der Waals surface area contributed by atoms with E-state index in [-0.39, 0.29) is 0 Å². The van der Waals surface area contributed by atoms with Crippen LogP contribution in [-0.4, -0.2) is 12.6 Å². The highest BCUT2D eigenvalue weighted by Crippen LogP contribution is 1.95. The molecule has 0 aromatic carbocycles. The fraction of sp³-hybridized carbons (Fsp3) is 0.444. The van der Waals surface area contributed by atoms with Gasteiger partial charge in [0.25, 0.3) is 0 Å². The summed E-state index contributed by atoms with van der Waals surface area (Å²) in [5, 5.41) is 0. The minimum Gasteiger partial charge on any atom is -0.299 e. The summed E-state index contributed by atoms with van der Waals surface area (Å²) in [6.07, 6.45) is 23.1. The highest BCUT2D eigenvalue weighted by molar-refractivity contribution is 5.65. The van der Waals surface area contributed by atoms with Gasteiger partial charge in [-0.3, -0.25) is 9.59 Å². The van der Waals surface area contributed by atoms with E-state index in [1.54, 1.807) is 12.2 Å². The molecule has 2 heteroatoms. The minimum absolute atomic E-state index is 0.782. The van der Waals surface area contributed by atoms with Gasteiger partial charge < -0.3 is 0 Å². The van der Waals surface area contributed by atoms with E-state index in [1.807, 2.05) is 12.2 Å². The van der Waals surface area contributed by atoms with E-state index < -0.39 is 0 Å². The van der Waals surface area contributed by atoms with Gasteiger partial charge in [-0.25, -0.2) is 0 Å². The van der Waals surface area contributed by atoms with Crippen molar-refractivity contribution in [2.24, 2.45) is 0 Å². The number of carbonyl (C=O) groups excluding carboxylic acids is 2. The monoisotopic (exact) mass is 276 g/mol. The van der Waals surface area contributed by atoms with Crippen molar-refractivity contribution in [2.45, 2.75) is 52.4 Å². The smallest absolute Gasteiger partial charge is 0.142 e. The van der Waals surface area contributed by atoms with Crippen LogP contribution in [0.15, 0.2) is 48.6 Å². The third kappa shape index (κ3) is 25.2. The van der Waals surface area contributed by atoms with Crippen LogP contribution in [0.3, 0.4) is 0 Å². The van der Waals surface area contributed by atoms with Gasteiger partial charge in [0.1, 0.15) is 12.6 Å². The highest BCUT2D eigenvalue weighted by atomic mass is 16.1. The average Bonchev–Trinajstić information content (AvgIpc) is 2.47. The number of allylic oxidation sites excluding steroid dienone is 8. The summed E-state index contributed by atoms with van der Waals surface area (Å²) in [5.41, 5.74) is 0. The predicted octanol–water partition coefficient (Wildman–Crippen LogP) is 4.98. The Hall–Kier alpha value is -1.70. The molecule has 0 fully saturated rings. The Morgan fingerprint density at radius 3 is 1.30 bits per heavy atom. The van der Waals surface area contributed by atoms with Crippen LogP contribution in [0.4, 0.5) is 0 Å². The van der Waals surface area contributed by atoms with Crippen LogP contribution in [0.5, 0.6) is 0 Å². The molecule has 0 spiro atoms. The molecule has 0 saturated heterocycles. The molecule has 2 nitrogen and oxygen atoms in total. The molecule has 0 rings (SSSR count). The van der Waals surface area contributed by atoms with Gasteiger partial charge in [0.05, 0.1) is 0 Å². The molecule has 0 heterocycles. The first kappa shape index (κ1) is 20.6. The van der Waals surface area contributed by atoms with E-state index in [0.29, 0.717) is 0 Å². The molecule has 0 amide bonds. The highest BCUT2D eigenvalue weighted by Gasteiger charge is 1.75. The molecular weight excluding hydrogens is 248 g/mol. The third-order valence-corrected chi connectivity index (χ3v) is 2.32. The Balaban J connectivity index is 0. The lowest BCUT2D eigenvalue weighted by Gasteiger charge is -1.84. The molecule has 0 aromatic rings. The molecule has 0 aliphatic heterocycles. The third-order valence-electron chi connectivity index (χ3n) is 2.32. The zero-order valence-electron chi connectivity index (χ0n) is 12.8. The molecule has 0 unspecified atom stereocenters. The molecule has 0 atom stereocenters. The summed E-state index contributed by atoms with van der Waals surface area (Å²) in [4.78, 5) is 19.5. The first-order valence-corrected chi connectivity index (χ1v) is 7.37. The summed E-state index contributed by atoms with van der Waals surface area (Å²) in [6.45, 7) is 4.32. The molecule has 0 N–H and O–H groups in total. The van der Waals surface area contributed by atoms with E-state index in [9.17, 15) is 9.59 Å². The largest absolute Gasteiger partial charge is 0.299 e. The minimum atomic E-state index is 0.782. The number of carbonyl (C=O) groups is 2. The Morgan fingerprint density at radius 2 is 1.00 bits per heavy atom. The van der Waals surface area contributed by atoms with Crippen molar-refractivity contribution >= 4 is 12.6 Å². The fourth-order valence-corrected chi connectivity index (χ4v) is 1.21. The topological polar surface area (TPSA) is 34.1 Å². The molecule has 0 aliphatic carbocycles. The fourth-order valence-electron chi connectivity index (χ4n) is 1.21. The molecule has 20 heavy (non-hydrogen) atoms. The molecule has 0 aromatic heterocycles. The normalized spacial score (nSPS) is 11.3. The van der Waals surface area contributed by atoms with E-state index in [0.717, 1.165) is 25.4 Å². The van der Waals surface area contributed by atoms with Crippen molar-refractivity contribution in [2.75, 3.05) is 0 Å². The summed E-state index contributed by atoms with van der Waals surface area (Å²) in [6, 6.07) is 0. The summed E-state index contributed by atoms with van der Waals surface area (Å²) in [7, 11) is 0. The van der Waals surface area contributed by atoms with Crippen LogP contribution in [0.2, 0.25) is 0 Å². The van der Waals surface area contributed by atoms with Crippen molar-refractivity contribution in [1.82, 2.24) is 0 Å². The number of hydrogen-bond donors (Lipinski definition) is 0.